The van der Waals surface area contributed by atoms with E-state index in [1.165, 1.54) is 6.07 Å². The summed E-state index contributed by atoms with van der Waals surface area (Å²) >= 11 is 5.69. The summed E-state index contributed by atoms with van der Waals surface area (Å²) in [5.41, 5.74) is 0.933. The minimum atomic E-state index is -0.401. The largest absolute Gasteiger partial charge is 0.339 e. The second-order valence-electron chi connectivity index (χ2n) is 3.91. The molecule has 0 unspecified atom stereocenters. The van der Waals surface area contributed by atoms with Gasteiger partial charge in [-0.25, -0.2) is 4.39 Å². The van der Waals surface area contributed by atoms with Crippen molar-refractivity contribution < 1.29 is 8.91 Å². The van der Waals surface area contributed by atoms with Crippen molar-refractivity contribution in [3.8, 4) is 0 Å². The molecule has 0 aliphatic rings. The second-order valence-corrected chi connectivity index (χ2v) is 4.32. The Morgan fingerprint density at radius 1 is 1.44 bits per heavy atom. The van der Waals surface area contributed by atoms with Crippen molar-refractivity contribution in [3.63, 3.8) is 0 Å². The molecule has 0 fully saturated rings. The summed E-state index contributed by atoms with van der Waals surface area (Å²) in [6, 6.07) is 4.67. The zero-order chi connectivity index (χ0) is 13.0. The molecule has 0 amide bonds. The Morgan fingerprint density at radius 3 is 2.94 bits per heavy atom. The summed E-state index contributed by atoms with van der Waals surface area (Å²) in [5, 5.41) is 7.04. The minimum Gasteiger partial charge on any atom is -0.339 e. The normalized spacial score (nSPS) is 10.8. The highest BCUT2D eigenvalue weighted by molar-refractivity contribution is 6.30. The van der Waals surface area contributed by atoms with Crippen molar-refractivity contribution in [2.24, 2.45) is 0 Å². The maximum atomic E-state index is 12.9. The van der Waals surface area contributed by atoms with Crippen LogP contribution in [0.5, 0.6) is 0 Å². The molecule has 0 aliphatic heterocycles. The van der Waals surface area contributed by atoms with E-state index < -0.39 is 5.82 Å². The fraction of sp³-hybridized carbons (Fsp3) is 0.333. The van der Waals surface area contributed by atoms with E-state index in [0.29, 0.717) is 31.2 Å². The average molecular weight is 270 g/mol. The van der Waals surface area contributed by atoms with Gasteiger partial charge in [0, 0.05) is 19.5 Å². The highest BCUT2D eigenvalue weighted by atomic mass is 35.5. The first kappa shape index (κ1) is 13.0. The quantitative estimate of drug-likeness (QED) is 0.848. The molecular formula is C12H13ClFN3O. The summed E-state index contributed by atoms with van der Waals surface area (Å²) in [6.07, 6.45) is 0.662. The predicted octanol–water partition coefficient (Wildman–Crippen LogP) is 2.50. The maximum Gasteiger partial charge on any atom is 0.227 e. The monoisotopic (exact) mass is 269 g/mol. The summed E-state index contributed by atoms with van der Waals surface area (Å²) < 4.78 is 17.9. The lowest BCUT2D eigenvalue weighted by Crippen LogP contribution is -2.16. The van der Waals surface area contributed by atoms with E-state index >= 15 is 0 Å². The SMILES string of the molecule is Cc1noc(CCNCc2ccc(F)c(Cl)c2)n1. The summed E-state index contributed by atoms with van der Waals surface area (Å²) in [7, 11) is 0. The van der Waals surface area contributed by atoms with E-state index in [-0.39, 0.29) is 5.02 Å². The van der Waals surface area contributed by atoms with Gasteiger partial charge in [0.1, 0.15) is 5.82 Å². The Balaban J connectivity index is 1.76. The Hall–Kier alpha value is -1.46. The van der Waals surface area contributed by atoms with Gasteiger partial charge in [-0.1, -0.05) is 22.8 Å². The van der Waals surface area contributed by atoms with Gasteiger partial charge in [0.15, 0.2) is 5.82 Å². The number of aryl methyl sites for hydroxylation is 1. The first-order chi connectivity index (χ1) is 8.65. The van der Waals surface area contributed by atoms with Crippen molar-refractivity contribution in [3.05, 3.63) is 46.3 Å². The van der Waals surface area contributed by atoms with Gasteiger partial charge in [-0.3, -0.25) is 0 Å². The standard InChI is InChI=1S/C12H13ClFN3O/c1-8-16-12(18-17-8)4-5-15-7-9-2-3-11(14)10(13)6-9/h2-3,6,15H,4-5,7H2,1H3. The molecule has 18 heavy (non-hydrogen) atoms. The van der Waals surface area contributed by atoms with Gasteiger partial charge < -0.3 is 9.84 Å². The summed E-state index contributed by atoms with van der Waals surface area (Å²) in [6.45, 7) is 3.10. The number of aromatic nitrogens is 2. The number of hydrogen-bond donors (Lipinski definition) is 1. The first-order valence-corrected chi connectivity index (χ1v) is 5.97. The Morgan fingerprint density at radius 2 is 2.28 bits per heavy atom. The third-order valence-electron chi connectivity index (χ3n) is 2.40. The average Bonchev–Trinajstić information content (AvgIpc) is 2.75. The van der Waals surface area contributed by atoms with E-state index in [4.69, 9.17) is 16.1 Å². The predicted molar refractivity (Wildman–Crippen MR) is 65.9 cm³/mol. The van der Waals surface area contributed by atoms with Gasteiger partial charge in [-0.05, 0) is 24.6 Å². The van der Waals surface area contributed by atoms with Crippen molar-refractivity contribution in [2.45, 2.75) is 19.9 Å². The molecule has 0 saturated carbocycles. The molecule has 2 rings (SSSR count). The molecule has 0 saturated heterocycles. The molecule has 1 aromatic carbocycles. The molecule has 6 heteroatoms. The Kier molecular flexibility index (Phi) is 4.28. The van der Waals surface area contributed by atoms with Crippen molar-refractivity contribution >= 4 is 11.6 Å². The molecule has 1 heterocycles. The summed E-state index contributed by atoms with van der Waals surface area (Å²) in [4.78, 5) is 4.09. The number of nitrogens with zero attached hydrogens (tertiary/aromatic N) is 2. The van der Waals surface area contributed by atoms with Gasteiger partial charge in [0.2, 0.25) is 5.89 Å². The van der Waals surface area contributed by atoms with Crippen LogP contribution in [0.2, 0.25) is 5.02 Å². The number of rotatable bonds is 5. The number of benzene rings is 1. The van der Waals surface area contributed by atoms with Crippen LogP contribution in [0.4, 0.5) is 4.39 Å². The molecule has 96 valence electrons. The minimum absolute atomic E-state index is 0.141. The molecule has 0 aliphatic carbocycles. The van der Waals surface area contributed by atoms with Gasteiger partial charge in [0.25, 0.3) is 0 Å². The summed E-state index contributed by atoms with van der Waals surface area (Å²) in [5.74, 6) is 0.842. The van der Waals surface area contributed by atoms with Crippen molar-refractivity contribution in [1.29, 1.82) is 0 Å². The highest BCUT2D eigenvalue weighted by Crippen LogP contribution is 2.15. The van der Waals surface area contributed by atoms with Crippen molar-refractivity contribution in [1.82, 2.24) is 15.5 Å². The highest BCUT2D eigenvalue weighted by Gasteiger charge is 2.03. The third kappa shape index (κ3) is 3.51. The van der Waals surface area contributed by atoms with Crippen LogP contribution in [0.25, 0.3) is 0 Å². The van der Waals surface area contributed by atoms with Gasteiger partial charge in [0.05, 0.1) is 5.02 Å². The van der Waals surface area contributed by atoms with Gasteiger partial charge in [-0.15, -0.1) is 0 Å². The van der Waals surface area contributed by atoms with Crippen LogP contribution in [0.1, 0.15) is 17.3 Å². The fourth-order valence-electron chi connectivity index (χ4n) is 1.52. The smallest absolute Gasteiger partial charge is 0.227 e. The van der Waals surface area contributed by atoms with Gasteiger partial charge >= 0.3 is 0 Å². The number of hydrogen-bond acceptors (Lipinski definition) is 4. The lowest BCUT2D eigenvalue weighted by atomic mass is 10.2. The molecule has 2 aromatic rings. The Labute approximate surface area is 109 Å². The van der Waals surface area contributed by atoms with Crippen LogP contribution in [0.3, 0.4) is 0 Å². The number of halogens is 2. The van der Waals surface area contributed by atoms with E-state index in [9.17, 15) is 4.39 Å². The van der Waals surface area contributed by atoms with Crippen molar-refractivity contribution in [2.75, 3.05) is 6.54 Å². The van der Waals surface area contributed by atoms with Crippen LogP contribution in [0, 0.1) is 12.7 Å². The first-order valence-electron chi connectivity index (χ1n) is 5.59. The number of nitrogens with one attached hydrogen (secondary N) is 1. The molecule has 1 aromatic heterocycles. The Bertz CT molecular complexity index is 530. The fourth-order valence-corrected chi connectivity index (χ4v) is 1.72. The lowest BCUT2D eigenvalue weighted by molar-refractivity contribution is 0.372. The molecule has 0 atom stereocenters. The van der Waals surface area contributed by atoms with Gasteiger partial charge in [-0.2, -0.15) is 4.98 Å². The molecular weight excluding hydrogens is 257 g/mol. The zero-order valence-corrected chi connectivity index (χ0v) is 10.7. The van der Waals surface area contributed by atoms with Crippen LogP contribution in [-0.4, -0.2) is 16.7 Å². The lowest BCUT2D eigenvalue weighted by Gasteiger charge is -2.04. The van der Waals surface area contributed by atoms with E-state index in [1.807, 2.05) is 0 Å². The third-order valence-corrected chi connectivity index (χ3v) is 2.69. The molecule has 0 bridgehead atoms. The van der Waals surface area contributed by atoms with Crippen LogP contribution in [0.15, 0.2) is 22.7 Å². The molecule has 0 spiro atoms. The van der Waals surface area contributed by atoms with Crippen LogP contribution < -0.4 is 5.32 Å². The zero-order valence-electron chi connectivity index (χ0n) is 9.91. The maximum absolute atomic E-state index is 12.9. The molecule has 1 N–H and O–H groups in total. The molecule has 4 nitrogen and oxygen atoms in total. The van der Waals surface area contributed by atoms with Crippen LogP contribution in [-0.2, 0) is 13.0 Å². The van der Waals surface area contributed by atoms with Crippen LogP contribution >= 0.6 is 11.6 Å². The topological polar surface area (TPSA) is 51.0 Å². The van der Waals surface area contributed by atoms with E-state index in [2.05, 4.69) is 15.5 Å². The second kappa shape index (κ2) is 5.93. The van der Waals surface area contributed by atoms with E-state index in [1.54, 1.807) is 19.1 Å². The van der Waals surface area contributed by atoms with E-state index in [0.717, 1.165) is 5.56 Å². The molecule has 0 radical (unpaired) electrons.